The summed E-state index contributed by atoms with van der Waals surface area (Å²) >= 11 is 0.150. The number of rotatable bonds is 5. The molecule has 292 valence electrons. The summed E-state index contributed by atoms with van der Waals surface area (Å²) < 4.78 is 2.89. The molecule has 1 aromatic heterocycles. The zero-order valence-corrected chi connectivity index (χ0v) is 36.1. The van der Waals surface area contributed by atoms with Crippen molar-refractivity contribution >= 4 is 87.7 Å². The Morgan fingerprint density at radius 3 is 1.16 bits per heavy atom. The van der Waals surface area contributed by atoms with Gasteiger partial charge in [0, 0.05) is 0 Å². The van der Waals surface area contributed by atoms with E-state index in [9.17, 15) is 0 Å². The van der Waals surface area contributed by atoms with Crippen LogP contribution in [-0.4, -0.2) is 14.5 Å². The topological polar surface area (TPSA) is 0 Å². The molecule has 0 unspecified atom stereocenters. The molecule has 1 heterocycles. The van der Waals surface area contributed by atoms with Crippen LogP contribution in [0, 0.1) is 0 Å². The molecule has 13 rings (SSSR count). The molecule has 1 heteroatoms. The van der Waals surface area contributed by atoms with Crippen LogP contribution in [0.1, 0.15) is 0 Å². The van der Waals surface area contributed by atoms with Crippen molar-refractivity contribution in [2.75, 3.05) is 0 Å². The normalized spacial score (nSPS) is 11.8. The molecule has 0 radical (unpaired) electrons. The SMILES string of the molecule is c1ccc(-c2ccc(-c3c4ccccc4c(-c4cccc5[se]c6cc(-c7c8ccccc8c(-c8ccccc8)c8ccccc78)ccc6c45)c4ccccc34)c3ccccc23)cc1. The second-order valence-corrected chi connectivity index (χ2v) is 18.9. The van der Waals surface area contributed by atoms with Crippen LogP contribution in [0.4, 0.5) is 0 Å². The van der Waals surface area contributed by atoms with Crippen LogP contribution in [-0.2, 0) is 0 Å². The Kier molecular flexibility index (Phi) is 8.34. The summed E-state index contributed by atoms with van der Waals surface area (Å²) in [5, 5.41) is 15.6. The summed E-state index contributed by atoms with van der Waals surface area (Å²) in [7, 11) is 0. The van der Waals surface area contributed by atoms with E-state index in [0.29, 0.717) is 0 Å². The van der Waals surface area contributed by atoms with Crippen LogP contribution in [0.15, 0.2) is 231 Å². The minimum atomic E-state index is 0.150. The first kappa shape index (κ1) is 36.1. The molecule has 13 aromatic rings. The molecule has 0 aliphatic heterocycles. The Labute approximate surface area is 371 Å². The molecule has 0 aliphatic carbocycles. The summed E-state index contributed by atoms with van der Waals surface area (Å²) in [5.41, 5.74) is 12.8. The second kappa shape index (κ2) is 14.5. The van der Waals surface area contributed by atoms with Crippen molar-refractivity contribution in [2.24, 2.45) is 0 Å². The van der Waals surface area contributed by atoms with Crippen molar-refractivity contribution in [3.05, 3.63) is 231 Å². The molecule has 0 N–H and O–H groups in total. The van der Waals surface area contributed by atoms with Gasteiger partial charge in [0.1, 0.15) is 0 Å². The van der Waals surface area contributed by atoms with Gasteiger partial charge < -0.3 is 0 Å². The van der Waals surface area contributed by atoms with Crippen molar-refractivity contribution in [3.8, 4) is 55.6 Å². The van der Waals surface area contributed by atoms with E-state index >= 15 is 0 Å². The van der Waals surface area contributed by atoms with Gasteiger partial charge in [-0.3, -0.25) is 0 Å². The van der Waals surface area contributed by atoms with E-state index in [4.69, 9.17) is 0 Å². The Hall–Kier alpha value is -7.54. The van der Waals surface area contributed by atoms with E-state index in [0.717, 1.165) is 0 Å². The third kappa shape index (κ3) is 5.61. The molecule has 0 atom stereocenters. The van der Waals surface area contributed by atoms with E-state index in [-0.39, 0.29) is 14.5 Å². The third-order valence-corrected chi connectivity index (χ3v) is 15.6. The molecule has 0 amide bonds. The van der Waals surface area contributed by atoms with Crippen molar-refractivity contribution in [1.82, 2.24) is 0 Å². The Balaban J connectivity index is 1.04. The monoisotopic (exact) mass is 862 g/mol. The standard InChI is InChI=1S/C62H38Se/c1-3-18-39(19-4-1)42-36-37-53(44-23-8-7-22-43(42)44)60-49-28-13-15-30-51(49)61(52-31-16-14-29-50(52)60)55-32-17-33-56-62(55)54-35-34-41(38-57(54)63-56)59-47-26-11-9-24-45(47)58(40-20-5-2-6-21-40)46-25-10-12-27-48(46)59/h1-38H. The van der Waals surface area contributed by atoms with Crippen LogP contribution < -0.4 is 0 Å². The van der Waals surface area contributed by atoms with Gasteiger partial charge >= 0.3 is 343 Å². The summed E-state index contributed by atoms with van der Waals surface area (Å²) in [5.74, 6) is 0. The summed E-state index contributed by atoms with van der Waals surface area (Å²) in [6, 6.07) is 85.8. The van der Waals surface area contributed by atoms with Crippen molar-refractivity contribution in [1.29, 1.82) is 0 Å². The molecule has 12 aromatic carbocycles. The molecule has 0 spiro atoms. The van der Waals surface area contributed by atoms with Gasteiger partial charge in [-0.15, -0.1) is 0 Å². The molecule has 0 bridgehead atoms. The van der Waals surface area contributed by atoms with Gasteiger partial charge in [-0.25, -0.2) is 0 Å². The van der Waals surface area contributed by atoms with Crippen molar-refractivity contribution in [3.63, 3.8) is 0 Å². The molecule has 0 aliphatic rings. The maximum atomic E-state index is 2.51. The molecule has 0 nitrogen and oxygen atoms in total. The second-order valence-electron chi connectivity index (χ2n) is 16.6. The fourth-order valence-electron chi connectivity index (χ4n) is 10.6. The van der Waals surface area contributed by atoms with E-state index in [1.54, 1.807) is 0 Å². The number of hydrogen-bond donors (Lipinski definition) is 0. The Morgan fingerprint density at radius 1 is 0.206 bits per heavy atom. The molecular formula is C62H38Se. The van der Waals surface area contributed by atoms with Crippen LogP contribution >= 0.6 is 0 Å². The predicted octanol–water partition coefficient (Wildman–Crippen LogP) is 17.2. The van der Waals surface area contributed by atoms with Crippen molar-refractivity contribution < 1.29 is 0 Å². The van der Waals surface area contributed by atoms with Gasteiger partial charge in [-0.2, -0.15) is 0 Å². The first-order chi connectivity index (χ1) is 31.3. The average Bonchev–Trinajstić information content (AvgIpc) is 3.73. The van der Waals surface area contributed by atoms with Gasteiger partial charge in [0.25, 0.3) is 0 Å². The molecule has 0 fully saturated rings. The molecule has 0 saturated heterocycles. The van der Waals surface area contributed by atoms with Crippen LogP contribution in [0.5, 0.6) is 0 Å². The number of benzene rings is 12. The van der Waals surface area contributed by atoms with Gasteiger partial charge in [-0.1, -0.05) is 30.3 Å². The van der Waals surface area contributed by atoms with Gasteiger partial charge in [0.05, 0.1) is 0 Å². The van der Waals surface area contributed by atoms with E-state index in [1.807, 2.05) is 0 Å². The summed E-state index contributed by atoms with van der Waals surface area (Å²) in [4.78, 5) is 0. The van der Waals surface area contributed by atoms with E-state index < -0.39 is 0 Å². The smallest absolute Gasteiger partial charge is 0.0544 e. The first-order valence-corrected chi connectivity index (χ1v) is 23.5. The summed E-state index contributed by atoms with van der Waals surface area (Å²) in [6.45, 7) is 0. The minimum Gasteiger partial charge on any atom is -0.0617 e. The van der Waals surface area contributed by atoms with Gasteiger partial charge in [-0.05, 0) is 0 Å². The van der Waals surface area contributed by atoms with Gasteiger partial charge in [0.2, 0.25) is 0 Å². The zero-order chi connectivity index (χ0) is 41.4. The molecular weight excluding hydrogens is 824 g/mol. The molecule has 63 heavy (non-hydrogen) atoms. The maximum Gasteiger partial charge on any atom is -0.0544 e. The van der Waals surface area contributed by atoms with Gasteiger partial charge in [0.15, 0.2) is 0 Å². The number of hydrogen-bond acceptors (Lipinski definition) is 0. The van der Waals surface area contributed by atoms with Crippen LogP contribution in [0.25, 0.3) is 129 Å². The first-order valence-electron chi connectivity index (χ1n) is 21.8. The van der Waals surface area contributed by atoms with E-state index in [1.165, 1.54) is 129 Å². The average molecular weight is 862 g/mol. The quantitative estimate of drug-likeness (QED) is 0.119. The maximum absolute atomic E-state index is 2.51. The zero-order valence-electron chi connectivity index (χ0n) is 34.3. The minimum absolute atomic E-state index is 0.150. The third-order valence-electron chi connectivity index (χ3n) is 13.3. The fourth-order valence-corrected chi connectivity index (χ4v) is 13.1. The summed E-state index contributed by atoms with van der Waals surface area (Å²) in [6.07, 6.45) is 0. The fraction of sp³-hybridized carbons (Fsp3) is 0. The predicted molar refractivity (Wildman–Crippen MR) is 273 cm³/mol. The van der Waals surface area contributed by atoms with Crippen LogP contribution in [0.3, 0.4) is 0 Å². The molecule has 0 saturated carbocycles. The van der Waals surface area contributed by atoms with E-state index in [2.05, 4.69) is 231 Å². The number of fused-ring (bicyclic) bond motifs is 8. The Morgan fingerprint density at radius 2 is 0.619 bits per heavy atom. The van der Waals surface area contributed by atoms with Crippen molar-refractivity contribution in [2.45, 2.75) is 0 Å². The largest absolute Gasteiger partial charge is 0.0617 e. The Bertz CT molecular complexity index is 3840. The van der Waals surface area contributed by atoms with Crippen LogP contribution in [0.2, 0.25) is 0 Å².